The Balaban J connectivity index is 1.72. The van der Waals surface area contributed by atoms with Crippen LogP contribution in [0.1, 0.15) is 92.4 Å². The second-order valence-electron chi connectivity index (χ2n) is 10.3. The number of esters is 1. The highest BCUT2D eigenvalue weighted by Gasteiger charge is 2.72. The van der Waals surface area contributed by atoms with Crippen molar-refractivity contribution >= 4 is 5.97 Å². The summed E-state index contributed by atoms with van der Waals surface area (Å²) in [7, 11) is 0. The molecule has 4 saturated carbocycles. The van der Waals surface area contributed by atoms with Crippen molar-refractivity contribution in [3.8, 4) is 0 Å². The van der Waals surface area contributed by atoms with Crippen molar-refractivity contribution in [2.75, 3.05) is 0 Å². The van der Waals surface area contributed by atoms with E-state index in [1.54, 1.807) is 0 Å². The third-order valence-corrected chi connectivity index (χ3v) is 10.0. The van der Waals surface area contributed by atoms with E-state index in [0.717, 1.165) is 55.3 Å². The van der Waals surface area contributed by atoms with Crippen LogP contribution >= 0.6 is 0 Å². The Morgan fingerprint density at radius 3 is 2.19 bits per heavy atom. The van der Waals surface area contributed by atoms with Crippen LogP contribution in [0.3, 0.4) is 0 Å². The minimum atomic E-state index is -0.178. The van der Waals surface area contributed by atoms with Gasteiger partial charge in [-0.2, -0.15) is 0 Å². The molecule has 0 radical (unpaired) electrons. The first kappa shape index (κ1) is 18.8. The highest BCUT2D eigenvalue weighted by atomic mass is 16.6. The quantitative estimate of drug-likeness (QED) is 0.397. The molecule has 0 aromatic carbocycles. The fourth-order valence-corrected chi connectivity index (χ4v) is 8.51. The predicted molar refractivity (Wildman–Crippen MR) is 106 cm³/mol. The third-order valence-electron chi connectivity index (χ3n) is 10.0. The van der Waals surface area contributed by atoms with E-state index >= 15 is 0 Å². The van der Waals surface area contributed by atoms with Crippen molar-refractivity contribution in [2.24, 2.45) is 46.8 Å². The number of fused-ring (bicyclic) bond motifs is 9. The normalized spacial score (nSPS) is 44.3. The number of hydrogen-bond acceptors (Lipinski definition) is 2. The maximum absolute atomic E-state index is 13.0. The Kier molecular flexibility index (Phi) is 4.72. The van der Waals surface area contributed by atoms with Gasteiger partial charge >= 0.3 is 5.97 Å². The zero-order valence-electron chi connectivity index (χ0n) is 17.7. The molecule has 4 aliphatic rings. The van der Waals surface area contributed by atoms with E-state index in [2.05, 4.69) is 34.6 Å². The standard InChI is InChI=1S/C24H40O2/c1-6-15(5)22(25)26-24(23(7-2,8-3)9-4)14-18-13-19(24)21-17-11-10-16(12-17)20(18)21/h15-21H,6-14H2,1-5H3. The summed E-state index contributed by atoms with van der Waals surface area (Å²) in [5.41, 5.74) is -0.00951. The number of hydrogen-bond donors (Lipinski definition) is 0. The molecule has 8 atom stereocenters. The summed E-state index contributed by atoms with van der Waals surface area (Å²) in [6, 6.07) is 0. The molecule has 0 spiro atoms. The maximum Gasteiger partial charge on any atom is 0.309 e. The van der Waals surface area contributed by atoms with Crippen LogP contribution in [0.2, 0.25) is 0 Å². The van der Waals surface area contributed by atoms with Gasteiger partial charge in [0.2, 0.25) is 0 Å². The van der Waals surface area contributed by atoms with Crippen LogP contribution in [0.4, 0.5) is 0 Å². The monoisotopic (exact) mass is 360 g/mol. The largest absolute Gasteiger partial charge is 0.458 e. The van der Waals surface area contributed by atoms with Crippen molar-refractivity contribution in [3.63, 3.8) is 0 Å². The smallest absolute Gasteiger partial charge is 0.309 e. The summed E-state index contributed by atoms with van der Waals surface area (Å²) < 4.78 is 6.70. The van der Waals surface area contributed by atoms with Crippen LogP contribution in [-0.4, -0.2) is 11.6 Å². The van der Waals surface area contributed by atoms with E-state index in [1.165, 1.54) is 32.1 Å². The molecule has 8 unspecified atom stereocenters. The Hall–Kier alpha value is -0.530. The van der Waals surface area contributed by atoms with Crippen molar-refractivity contribution < 1.29 is 9.53 Å². The van der Waals surface area contributed by atoms with Crippen LogP contribution in [0, 0.1) is 46.8 Å². The molecule has 2 heteroatoms. The van der Waals surface area contributed by atoms with E-state index in [0.29, 0.717) is 5.92 Å². The van der Waals surface area contributed by atoms with Gasteiger partial charge in [-0.1, -0.05) is 34.6 Å². The van der Waals surface area contributed by atoms with Gasteiger partial charge in [-0.3, -0.25) is 4.79 Å². The van der Waals surface area contributed by atoms with E-state index < -0.39 is 0 Å². The van der Waals surface area contributed by atoms with Gasteiger partial charge < -0.3 is 4.74 Å². The highest BCUT2D eigenvalue weighted by molar-refractivity contribution is 5.72. The van der Waals surface area contributed by atoms with E-state index in [-0.39, 0.29) is 22.9 Å². The van der Waals surface area contributed by atoms with Gasteiger partial charge in [-0.25, -0.2) is 0 Å². The number of carbonyl (C=O) groups is 1. The molecule has 148 valence electrons. The van der Waals surface area contributed by atoms with Gasteiger partial charge in [0.25, 0.3) is 0 Å². The number of ether oxygens (including phenoxy) is 1. The molecule has 0 amide bonds. The average molecular weight is 361 g/mol. The molecule has 26 heavy (non-hydrogen) atoms. The summed E-state index contributed by atoms with van der Waals surface area (Å²) >= 11 is 0. The molecule has 4 aliphatic carbocycles. The second kappa shape index (κ2) is 6.52. The SMILES string of the molecule is CCC(C)C(=O)OC1(C(CC)(CC)CC)CC2CC1C1C3CCC(C3)C21. The fraction of sp³-hybridized carbons (Fsp3) is 0.958. The Bertz CT molecular complexity index is 542. The Labute approximate surface area is 160 Å². The van der Waals surface area contributed by atoms with Crippen LogP contribution in [0.15, 0.2) is 0 Å². The second-order valence-corrected chi connectivity index (χ2v) is 10.3. The first-order valence-corrected chi connectivity index (χ1v) is 11.7. The van der Waals surface area contributed by atoms with E-state index in [9.17, 15) is 4.79 Å². The van der Waals surface area contributed by atoms with Crippen LogP contribution < -0.4 is 0 Å². The molecule has 0 saturated heterocycles. The first-order chi connectivity index (χ1) is 12.5. The summed E-state index contributed by atoms with van der Waals surface area (Å²) in [5.74, 6) is 5.35. The van der Waals surface area contributed by atoms with Gasteiger partial charge in [-0.05, 0) is 87.4 Å². The molecule has 0 heterocycles. The van der Waals surface area contributed by atoms with Crippen molar-refractivity contribution in [1.82, 2.24) is 0 Å². The number of carbonyl (C=O) groups excluding carboxylic acids is 1. The van der Waals surface area contributed by atoms with Gasteiger partial charge in [0.05, 0.1) is 5.92 Å². The molecule has 4 rings (SSSR count). The summed E-state index contributed by atoms with van der Waals surface area (Å²) in [6.45, 7) is 11.2. The Morgan fingerprint density at radius 2 is 1.62 bits per heavy atom. The fourth-order valence-electron chi connectivity index (χ4n) is 8.51. The molecule has 0 aliphatic heterocycles. The lowest BCUT2D eigenvalue weighted by Gasteiger charge is -2.55. The van der Waals surface area contributed by atoms with Crippen molar-refractivity contribution in [2.45, 2.75) is 98.0 Å². The van der Waals surface area contributed by atoms with Gasteiger partial charge in [0, 0.05) is 11.3 Å². The first-order valence-electron chi connectivity index (χ1n) is 11.7. The van der Waals surface area contributed by atoms with E-state index in [1.807, 2.05) is 0 Å². The lowest BCUT2D eigenvalue weighted by molar-refractivity contribution is -0.208. The van der Waals surface area contributed by atoms with Gasteiger partial charge in [0.15, 0.2) is 0 Å². The molecule has 2 nitrogen and oxygen atoms in total. The third kappa shape index (κ3) is 2.26. The lowest BCUT2D eigenvalue weighted by atomic mass is 9.54. The summed E-state index contributed by atoms with van der Waals surface area (Å²) in [4.78, 5) is 13.0. The molecular weight excluding hydrogens is 320 g/mol. The molecule has 0 N–H and O–H groups in total. The molecular formula is C24H40O2. The molecule has 4 fully saturated rings. The van der Waals surface area contributed by atoms with Gasteiger partial charge in [0.1, 0.15) is 5.60 Å². The van der Waals surface area contributed by atoms with Crippen molar-refractivity contribution in [1.29, 1.82) is 0 Å². The lowest BCUT2D eigenvalue weighted by Crippen LogP contribution is -2.58. The van der Waals surface area contributed by atoms with Crippen LogP contribution in [0.25, 0.3) is 0 Å². The summed E-state index contributed by atoms with van der Waals surface area (Å²) in [5, 5.41) is 0. The topological polar surface area (TPSA) is 26.3 Å². The van der Waals surface area contributed by atoms with Gasteiger partial charge in [-0.15, -0.1) is 0 Å². The zero-order valence-corrected chi connectivity index (χ0v) is 17.7. The highest BCUT2D eigenvalue weighted by Crippen LogP contribution is 2.73. The van der Waals surface area contributed by atoms with Crippen molar-refractivity contribution in [3.05, 3.63) is 0 Å². The minimum absolute atomic E-state index is 0.0325. The predicted octanol–water partition coefficient (Wildman–Crippen LogP) is 6.23. The maximum atomic E-state index is 13.0. The average Bonchev–Trinajstić information content (AvgIpc) is 3.41. The Morgan fingerprint density at radius 1 is 1.00 bits per heavy atom. The molecule has 0 aromatic heterocycles. The molecule has 4 bridgehead atoms. The zero-order chi connectivity index (χ0) is 18.7. The van der Waals surface area contributed by atoms with E-state index in [4.69, 9.17) is 4.74 Å². The summed E-state index contributed by atoms with van der Waals surface area (Å²) in [6.07, 6.45) is 11.2. The number of rotatable bonds is 7. The van der Waals surface area contributed by atoms with Crippen LogP contribution in [-0.2, 0) is 9.53 Å². The van der Waals surface area contributed by atoms with Crippen LogP contribution in [0.5, 0.6) is 0 Å². The minimum Gasteiger partial charge on any atom is -0.458 e. The molecule has 0 aromatic rings.